The third kappa shape index (κ3) is 5.14. The minimum absolute atomic E-state index is 0.0983. The van der Waals surface area contributed by atoms with E-state index in [4.69, 9.17) is 4.98 Å². The molecular weight excluding hydrogens is 472 g/mol. The van der Waals surface area contributed by atoms with Gasteiger partial charge in [0.2, 0.25) is 0 Å². The second-order valence-corrected chi connectivity index (χ2v) is 9.31. The van der Waals surface area contributed by atoms with Gasteiger partial charge in [0.25, 0.3) is 5.56 Å². The molecule has 1 atom stereocenters. The first kappa shape index (κ1) is 24.4. The van der Waals surface area contributed by atoms with Crippen molar-refractivity contribution in [3.05, 3.63) is 76.2 Å². The Morgan fingerprint density at radius 3 is 2.59 bits per heavy atom. The second-order valence-electron chi connectivity index (χ2n) is 9.31. The van der Waals surface area contributed by atoms with Crippen LogP contribution in [0.1, 0.15) is 11.1 Å². The number of imidazole rings is 1. The number of aromatic nitrogens is 3. The van der Waals surface area contributed by atoms with Crippen molar-refractivity contribution in [1.82, 2.24) is 19.9 Å². The van der Waals surface area contributed by atoms with E-state index in [1.807, 2.05) is 49.4 Å². The van der Waals surface area contributed by atoms with Crippen molar-refractivity contribution < 1.29 is 15.0 Å². The van der Waals surface area contributed by atoms with Crippen LogP contribution in [-0.4, -0.2) is 75.0 Å². The molecule has 0 aliphatic carbocycles. The van der Waals surface area contributed by atoms with Crippen LogP contribution in [0, 0.1) is 6.92 Å². The number of anilines is 2. The van der Waals surface area contributed by atoms with Crippen LogP contribution in [0.4, 0.5) is 16.2 Å². The molecule has 37 heavy (non-hydrogen) atoms. The Morgan fingerprint density at radius 2 is 1.89 bits per heavy atom. The first-order chi connectivity index (χ1) is 17.9. The molecule has 10 nitrogen and oxygen atoms in total. The van der Waals surface area contributed by atoms with Crippen molar-refractivity contribution in [1.29, 1.82) is 0 Å². The normalized spacial score (nSPS) is 14.6. The molecule has 0 spiro atoms. The lowest BCUT2D eigenvalue weighted by atomic mass is 10.1. The molecule has 1 unspecified atom stereocenters. The SMILES string of the molecule is Cc1cc(N2CCN(C(=O)O)CC2)cc2[nH]c(-c3c(NC(CO)Cc4ccccc4)cc[nH]c3=O)nc12. The fourth-order valence-electron chi connectivity index (χ4n) is 4.84. The summed E-state index contributed by atoms with van der Waals surface area (Å²) < 4.78 is 0. The number of aromatic amines is 2. The molecule has 1 aliphatic heterocycles. The number of amides is 1. The average Bonchev–Trinajstić information content (AvgIpc) is 3.33. The van der Waals surface area contributed by atoms with Crippen LogP contribution in [0.25, 0.3) is 22.4 Å². The average molecular weight is 503 g/mol. The van der Waals surface area contributed by atoms with Crippen molar-refractivity contribution in [3.8, 4) is 11.4 Å². The summed E-state index contributed by atoms with van der Waals surface area (Å²) >= 11 is 0. The fourth-order valence-corrected chi connectivity index (χ4v) is 4.84. The molecule has 2 aromatic carbocycles. The van der Waals surface area contributed by atoms with E-state index in [-0.39, 0.29) is 18.2 Å². The van der Waals surface area contributed by atoms with E-state index in [0.29, 0.717) is 49.7 Å². The van der Waals surface area contributed by atoms with E-state index in [9.17, 15) is 19.8 Å². The molecule has 192 valence electrons. The zero-order valence-electron chi connectivity index (χ0n) is 20.6. The number of pyridine rings is 1. The number of carboxylic acid groups (broad SMARTS) is 1. The molecule has 10 heteroatoms. The van der Waals surface area contributed by atoms with Gasteiger partial charge in [0.15, 0.2) is 0 Å². The van der Waals surface area contributed by atoms with E-state index in [1.54, 1.807) is 12.3 Å². The summed E-state index contributed by atoms with van der Waals surface area (Å²) in [5.74, 6) is 0.437. The van der Waals surface area contributed by atoms with Gasteiger partial charge in [-0.1, -0.05) is 30.3 Å². The number of nitrogens with zero attached hydrogens (tertiary/aromatic N) is 3. The molecule has 0 saturated carbocycles. The minimum atomic E-state index is -0.894. The number of hydrogen-bond donors (Lipinski definition) is 5. The molecule has 4 aromatic rings. The van der Waals surface area contributed by atoms with Crippen LogP contribution in [-0.2, 0) is 6.42 Å². The number of H-pyrrole nitrogens is 2. The van der Waals surface area contributed by atoms with Crippen molar-refractivity contribution in [2.45, 2.75) is 19.4 Å². The van der Waals surface area contributed by atoms with Gasteiger partial charge in [-0.2, -0.15) is 0 Å². The van der Waals surface area contributed by atoms with Crippen molar-refractivity contribution >= 4 is 28.5 Å². The van der Waals surface area contributed by atoms with Crippen LogP contribution < -0.4 is 15.8 Å². The number of nitrogens with one attached hydrogen (secondary N) is 3. The molecular formula is C27H30N6O4. The van der Waals surface area contributed by atoms with Gasteiger partial charge in [-0.25, -0.2) is 9.78 Å². The predicted octanol–water partition coefficient (Wildman–Crippen LogP) is 3.04. The lowest BCUT2D eigenvalue weighted by Gasteiger charge is -2.34. The Morgan fingerprint density at radius 1 is 1.14 bits per heavy atom. The topological polar surface area (TPSA) is 138 Å². The summed E-state index contributed by atoms with van der Waals surface area (Å²) in [6, 6.07) is 15.4. The molecule has 1 saturated heterocycles. The molecule has 0 bridgehead atoms. The number of hydrogen-bond acceptors (Lipinski definition) is 6. The highest BCUT2D eigenvalue weighted by atomic mass is 16.4. The number of aliphatic hydroxyl groups is 1. The maximum absolute atomic E-state index is 13.0. The van der Waals surface area contributed by atoms with Crippen LogP contribution in [0.2, 0.25) is 0 Å². The monoisotopic (exact) mass is 502 g/mol. The zero-order valence-corrected chi connectivity index (χ0v) is 20.6. The second kappa shape index (κ2) is 10.4. The zero-order chi connectivity index (χ0) is 25.9. The molecule has 1 aliphatic rings. The fraction of sp³-hybridized carbons (Fsp3) is 0.296. The Labute approximate surface area is 213 Å². The first-order valence-electron chi connectivity index (χ1n) is 12.3. The molecule has 0 radical (unpaired) electrons. The van der Waals surface area contributed by atoms with Crippen molar-refractivity contribution in [2.24, 2.45) is 0 Å². The summed E-state index contributed by atoms with van der Waals surface area (Å²) in [6.07, 6.45) is 1.28. The number of aryl methyl sites for hydroxylation is 1. The van der Waals surface area contributed by atoms with Gasteiger partial charge >= 0.3 is 6.09 Å². The van der Waals surface area contributed by atoms with Gasteiger partial charge in [-0.15, -0.1) is 0 Å². The number of piperazine rings is 1. The molecule has 5 N–H and O–H groups in total. The van der Waals surface area contributed by atoms with Crippen molar-refractivity contribution in [3.63, 3.8) is 0 Å². The van der Waals surface area contributed by atoms with E-state index in [1.165, 1.54) is 4.90 Å². The van der Waals surface area contributed by atoms with Crippen LogP contribution >= 0.6 is 0 Å². The summed E-state index contributed by atoms with van der Waals surface area (Å²) in [5.41, 5.74) is 5.24. The van der Waals surface area contributed by atoms with Gasteiger partial charge in [0, 0.05) is 38.1 Å². The lowest BCUT2D eigenvalue weighted by molar-refractivity contribution is 0.142. The maximum Gasteiger partial charge on any atom is 0.407 e. The number of carbonyl (C=O) groups is 1. The van der Waals surface area contributed by atoms with Gasteiger partial charge in [0.05, 0.1) is 29.4 Å². The largest absolute Gasteiger partial charge is 0.465 e. The number of rotatable bonds is 7. The Balaban J connectivity index is 1.44. The first-order valence-corrected chi connectivity index (χ1v) is 12.3. The van der Waals surface area contributed by atoms with E-state index in [2.05, 4.69) is 20.2 Å². The summed E-state index contributed by atoms with van der Waals surface area (Å²) in [5, 5.41) is 22.6. The molecule has 3 heterocycles. The highest BCUT2D eigenvalue weighted by Gasteiger charge is 2.22. The van der Waals surface area contributed by atoms with E-state index < -0.39 is 6.09 Å². The smallest absolute Gasteiger partial charge is 0.407 e. The molecule has 1 fully saturated rings. The van der Waals surface area contributed by atoms with Gasteiger partial charge < -0.3 is 35.3 Å². The van der Waals surface area contributed by atoms with Gasteiger partial charge in [0.1, 0.15) is 11.4 Å². The van der Waals surface area contributed by atoms with Gasteiger partial charge in [-0.05, 0) is 42.7 Å². The molecule has 2 aromatic heterocycles. The van der Waals surface area contributed by atoms with Crippen molar-refractivity contribution in [2.75, 3.05) is 43.0 Å². The highest BCUT2D eigenvalue weighted by Crippen LogP contribution is 2.30. The van der Waals surface area contributed by atoms with Crippen LogP contribution in [0.15, 0.2) is 59.5 Å². The summed E-state index contributed by atoms with van der Waals surface area (Å²) in [4.78, 5) is 38.6. The molecule has 1 amide bonds. The van der Waals surface area contributed by atoms with E-state index >= 15 is 0 Å². The van der Waals surface area contributed by atoms with Crippen LogP contribution in [0.3, 0.4) is 0 Å². The highest BCUT2D eigenvalue weighted by molar-refractivity contribution is 5.87. The van der Waals surface area contributed by atoms with Gasteiger partial charge in [-0.3, -0.25) is 4.79 Å². The Bertz CT molecular complexity index is 1460. The lowest BCUT2D eigenvalue weighted by Crippen LogP contribution is -2.48. The Hall–Kier alpha value is -4.31. The minimum Gasteiger partial charge on any atom is -0.465 e. The number of benzene rings is 2. The molecule has 5 rings (SSSR count). The Kier molecular flexibility index (Phi) is 6.82. The quantitative estimate of drug-likeness (QED) is 0.262. The third-order valence-corrected chi connectivity index (χ3v) is 6.78. The maximum atomic E-state index is 13.0. The third-order valence-electron chi connectivity index (χ3n) is 6.78. The number of aliphatic hydroxyl groups excluding tert-OH is 1. The predicted molar refractivity (Wildman–Crippen MR) is 143 cm³/mol. The standard InChI is InChI=1S/C27H30N6O4/c1-17-13-20(32-9-11-33(12-10-32)27(36)37)15-22-24(17)31-25(30-22)23-21(7-8-28-26(23)35)29-19(16-34)14-18-5-3-2-4-6-18/h2-8,13,15,19,34H,9-12,14,16H2,1H3,(H,30,31)(H,36,37)(H2,28,29,35). The van der Waals surface area contributed by atoms with E-state index in [0.717, 1.165) is 27.8 Å². The summed E-state index contributed by atoms with van der Waals surface area (Å²) in [7, 11) is 0. The van der Waals surface area contributed by atoms with Crippen LogP contribution in [0.5, 0.6) is 0 Å². The number of fused-ring (bicyclic) bond motifs is 1. The summed E-state index contributed by atoms with van der Waals surface area (Å²) in [6.45, 7) is 3.98.